The van der Waals surface area contributed by atoms with Gasteiger partial charge in [-0.15, -0.1) is 0 Å². The molecule has 0 spiro atoms. The number of hydrogen-bond acceptors (Lipinski definition) is 3. The standard InChI is InChI=1S/C14H18N2OS/c1-9-5-6-10(2)13(7-9)18-14-12(8-17)11(3)15-16(14)4/h5-7,17H,8H2,1-4H3. The molecule has 0 aliphatic carbocycles. The summed E-state index contributed by atoms with van der Waals surface area (Å²) < 4.78 is 1.84. The molecule has 3 nitrogen and oxygen atoms in total. The number of aromatic nitrogens is 2. The lowest BCUT2D eigenvalue weighted by atomic mass is 10.2. The molecular formula is C14H18N2OS. The van der Waals surface area contributed by atoms with Crippen LogP contribution in [-0.2, 0) is 13.7 Å². The van der Waals surface area contributed by atoms with Crippen molar-refractivity contribution in [1.29, 1.82) is 0 Å². The maximum Gasteiger partial charge on any atom is 0.104 e. The molecule has 1 aromatic carbocycles. The van der Waals surface area contributed by atoms with E-state index >= 15 is 0 Å². The molecule has 0 fully saturated rings. The van der Waals surface area contributed by atoms with Crippen LogP contribution in [-0.4, -0.2) is 14.9 Å². The molecule has 2 rings (SSSR count). The van der Waals surface area contributed by atoms with Gasteiger partial charge in [-0.25, -0.2) is 0 Å². The lowest BCUT2D eigenvalue weighted by molar-refractivity contribution is 0.277. The van der Waals surface area contributed by atoms with Crippen molar-refractivity contribution in [2.45, 2.75) is 37.3 Å². The summed E-state index contributed by atoms with van der Waals surface area (Å²) in [6.07, 6.45) is 0. The highest BCUT2D eigenvalue weighted by Gasteiger charge is 2.14. The maximum atomic E-state index is 9.45. The van der Waals surface area contributed by atoms with E-state index in [2.05, 4.69) is 37.1 Å². The molecule has 0 aliphatic heterocycles. The van der Waals surface area contributed by atoms with Gasteiger partial charge in [-0.05, 0) is 38.0 Å². The van der Waals surface area contributed by atoms with Crippen molar-refractivity contribution in [2.24, 2.45) is 7.05 Å². The predicted molar refractivity (Wildman–Crippen MR) is 73.9 cm³/mol. The highest BCUT2D eigenvalue weighted by molar-refractivity contribution is 7.99. The summed E-state index contributed by atoms with van der Waals surface area (Å²) in [7, 11) is 1.92. The van der Waals surface area contributed by atoms with E-state index in [1.54, 1.807) is 11.8 Å². The fourth-order valence-electron chi connectivity index (χ4n) is 1.91. The molecule has 0 bridgehead atoms. The molecule has 1 heterocycles. The van der Waals surface area contributed by atoms with Crippen molar-refractivity contribution in [2.75, 3.05) is 0 Å². The first kappa shape index (κ1) is 13.2. The zero-order valence-corrected chi connectivity index (χ0v) is 12.0. The monoisotopic (exact) mass is 262 g/mol. The fourth-order valence-corrected chi connectivity index (χ4v) is 3.10. The maximum absolute atomic E-state index is 9.45. The Morgan fingerprint density at radius 1 is 1.28 bits per heavy atom. The lowest BCUT2D eigenvalue weighted by Crippen LogP contribution is -1.94. The number of aliphatic hydroxyl groups is 1. The van der Waals surface area contributed by atoms with Gasteiger partial charge < -0.3 is 5.11 Å². The van der Waals surface area contributed by atoms with Crippen molar-refractivity contribution in [3.63, 3.8) is 0 Å². The number of nitrogens with zero attached hydrogens (tertiary/aromatic N) is 2. The van der Waals surface area contributed by atoms with Crippen LogP contribution in [0.3, 0.4) is 0 Å². The van der Waals surface area contributed by atoms with E-state index in [-0.39, 0.29) is 6.61 Å². The SMILES string of the molecule is Cc1ccc(C)c(Sc2c(CO)c(C)nn2C)c1. The average molecular weight is 262 g/mol. The number of rotatable bonds is 3. The van der Waals surface area contributed by atoms with Gasteiger partial charge in [0.2, 0.25) is 0 Å². The summed E-state index contributed by atoms with van der Waals surface area (Å²) >= 11 is 1.67. The Morgan fingerprint density at radius 3 is 2.67 bits per heavy atom. The summed E-state index contributed by atoms with van der Waals surface area (Å²) in [6, 6.07) is 6.41. The molecular weight excluding hydrogens is 244 g/mol. The van der Waals surface area contributed by atoms with Crippen LogP contribution in [0, 0.1) is 20.8 Å². The van der Waals surface area contributed by atoms with Gasteiger partial charge >= 0.3 is 0 Å². The Kier molecular flexibility index (Phi) is 3.78. The van der Waals surface area contributed by atoms with E-state index in [9.17, 15) is 5.11 Å². The van der Waals surface area contributed by atoms with Gasteiger partial charge in [0.1, 0.15) is 5.03 Å². The number of aliphatic hydroxyl groups excluding tert-OH is 1. The summed E-state index contributed by atoms with van der Waals surface area (Å²) in [6.45, 7) is 6.15. The summed E-state index contributed by atoms with van der Waals surface area (Å²) in [5.74, 6) is 0. The highest BCUT2D eigenvalue weighted by Crippen LogP contribution is 2.34. The van der Waals surface area contributed by atoms with Gasteiger partial charge in [-0.2, -0.15) is 5.10 Å². The van der Waals surface area contributed by atoms with Crippen molar-refractivity contribution < 1.29 is 5.11 Å². The Labute approximate surface area is 112 Å². The Balaban J connectivity index is 2.42. The molecule has 1 N–H and O–H groups in total. The second kappa shape index (κ2) is 5.16. The molecule has 96 valence electrons. The predicted octanol–water partition coefficient (Wildman–Crippen LogP) is 2.99. The number of hydrogen-bond donors (Lipinski definition) is 1. The third-order valence-corrected chi connectivity index (χ3v) is 4.36. The number of aryl methyl sites for hydroxylation is 4. The van der Waals surface area contributed by atoms with E-state index in [4.69, 9.17) is 0 Å². The summed E-state index contributed by atoms with van der Waals surface area (Å²) in [4.78, 5) is 1.22. The van der Waals surface area contributed by atoms with E-state index < -0.39 is 0 Å². The average Bonchev–Trinajstić information content (AvgIpc) is 2.58. The normalized spacial score (nSPS) is 10.9. The van der Waals surface area contributed by atoms with E-state index in [1.807, 2.05) is 18.7 Å². The molecule has 0 saturated carbocycles. The molecule has 0 atom stereocenters. The minimum atomic E-state index is 0.0346. The third kappa shape index (κ3) is 2.44. The zero-order valence-electron chi connectivity index (χ0n) is 11.2. The first-order valence-corrected chi connectivity index (χ1v) is 6.73. The van der Waals surface area contributed by atoms with Crippen LogP contribution in [0.25, 0.3) is 0 Å². The summed E-state index contributed by atoms with van der Waals surface area (Å²) in [5, 5.41) is 14.8. The minimum Gasteiger partial charge on any atom is -0.392 e. The molecule has 18 heavy (non-hydrogen) atoms. The quantitative estimate of drug-likeness (QED) is 0.924. The van der Waals surface area contributed by atoms with Gasteiger partial charge in [0, 0.05) is 17.5 Å². The van der Waals surface area contributed by atoms with Gasteiger partial charge in [0.05, 0.1) is 12.3 Å². The van der Waals surface area contributed by atoms with Gasteiger partial charge in [0.15, 0.2) is 0 Å². The van der Waals surface area contributed by atoms with Crippen LogP contribution in [0.4, 0.5) is 0 Å². The van der Waals surface area contributed by atoms with Crippen molar-refractivity contribution >= 4 is 11.8 Å². The molecule has 0 radical (unpaired) electrons. The minimum absolute atomic E-state index is 0.0346. The molecule has 2 aromatic rings. The van der Waals surface area contributed by atoms with Crippen LogP contribution >= 0.6 is 11.8 Å². The summed E-state index contributed by atoms with van der Waals surface area (Å²) in [5.41, 5.74) is 4.30. The lowest BCUT2D eigenvalue weighted by Gasteiger charge is -2.08. The van der Waals surface area contributed by atoms with Crippen LogP contribution < -0.4 is 0 Å². The van der Waals surface area contributed by atoms with Crippen LogP contribution in [0.15, 0.2) is 28.1 Å². The van der Waals surface area contributed by atoms with E-state index in [0.717, 1.165) is 16.3 Å². The first-order valence-electron chi connectivity index (χ1n) is 5.91. The first-order chi connectivity index (χ1) is 8.52. The van der Waals surface area contributed by atoms with Crippen molar-refractivity contribution in [1.82, 2.24) is 9.78 Å². The topological polar surface area (TPSA) is 38.1 Å². The van der Waals surface area contributed by atoms with Gasteiger partial charge in [-0.1, -0.05) is 23.9 Å². The fraction of sp³-hybridized carbons (Fsp3) is 0.357. The Hall–Kier alpha value is -1.26. The largest absolute Gasteiger partial charge is 0.392 e. The molecule has 0 aliphatic rings. The van der Waals surface area contributed by atoms with Gasteiger partial charge in [0.25, 0.3) is 0 Å². The molecule has 1 aromatic heterocycles. The third-order valence-electron chi connectivity index (χ3n) is 3.00. The second-order valence-corrected chi connectivity index (χ2v) is 5.55. The van der Waals surface area contributed by atoms with Crippen molar-refractivity contribution in [3.8, 4) is 0 Å². The molecule has 0 unspecified atom stereocenters. The molecule has 0 amide bonds. The zero-order chi connectivity index (χ0) is 13.3. The van der Waals surface area contributed by atoms with Crippen LogP contribution in [0.1, 0.15) is 22.4 Å². The Bertz CT molecular complexity index is 575. The van der Waals surface area contributed by atoms with Gasteiger partial charge in [-0.3, -0.25) is 4.68 Å². The molecule has 0 saturated heterocycles. The van der Waals surface area contributed by atoms with Crippen LogP contribution in [0.5, 0.6) is 0 Å². The second-order valence-electron chi connectivity index (χ2n) is 4.52. The molecule has 4 heteroatoms. The number of benzene rings is 1. The van der Waals surface area contributed by atoms with E-state index in [0.29, 0.717) is 0 Å². The highest BCUT2D eigenvalue weighted by atomic mass is 32.2. The van der Waals surface area contributed by atoms with Crippen molar-refractivity contribution in [3.05, 3.63) is 40.6 Å². The van der Waals surface area contributed by atoms with E-state index in [1.165, 1.54) is 16.0 Å². The smallest absolute Gasteiger partial charge is 0.104 e. The van der Waals surface area contributed by atoms with Crippen LogP contribution in [0.2, 0.25) is 0 Å². The Morgan fingerprint density at radius 2 is 2.00 bits per heavy atom.